The fourth-order valence-electron chi connectivity index (χ4n) is 1.24. The average Bonchev–Trinajstić information content (AvgIpc) is 2.01. The Kier molecular flexibility index (Phi) is 4.24. The Morgan fingerprint density at radius 2 is 1.70 bits per heavy atom. The van der Waals surface area contributed by atoms with Crippen molar-refractivity contribution < 1.29 is 0 Å². The lowest BCUT2D eigenvalue weighted by Gasteiger charge is -2.21. The highest BCUT2D eigenvalue weighted by molar-refractivity contribution is 4.83. The minimum atomic E-state index is -0.255. The van der Waals surface area contributed by atoms with Crippen molar-refractivity contribution in [3.63, 3.8) is 0 Å². The molecule has 2 nitrogen and oxygen atoms in total. The van der Waals surface area contributed by atoms with Crippen LogP contribution >= 0.6 is 0 Å². The molecule has 0 heterocycles. The van der Waals surface area contributed by atoms with Gasteiger partial charge in [-0.25, -0.2) is 0 Å². The van der Waals surface area contributed by atoms with Gasteiger partial charge >= 0.3 is 0 Å². The number of hydrogen-bond acceptors (Lipinski definition) is 2. The predicted molar refractivity (Wildman–Crippen MR) is 44.0 cm³/mol. The maximum atomic E-state index is 10.4. The molecule has 0 atom stereocenters. The van der Waals surface area contributed by atoms with Gasteiger partial charge in [0, 0.05) is 0 Å². The molecule has 0 fully saturated rings. The van der Waals surface area contributed by atoms with E-state index < -0.39 is 0 Å². The van der Waals surface area contributed by atoms with E-state index in [1.807, 2.05) is 13.8 Å². The molecular weight excluding hydrogens is 126 g/mol. The molecule has 0 saturated carbocycles. The first kappa shape index (κ1) is 9.60. The molecule has 0 aromatic rings. The molecule has 0 unspecified atom stereocenters. The SMILES string of the molecule is CCCC(CC)(CC)N=O. The summed E-state index contributed by atoms with van der Waals surface area (Å²) in [4.78, 5) is 10.4. The summed E-state index contributed by atoms with van der Waals surface area (Å²) in [6, 6.07) is 0. The second kappa shape index (κ2) is 4.42. The van der Waals surface area contributed by atoms with Crippen LogP contribution in [0.15, 0.2) is 5.18 Å². The summed E-state index contributed by atoms with van der Waals surface area (Å²) in [6.45, 7) is 6.15. The standard InChI is InChI=1S/C8H17NO/c1-4-7-8(5-2,6-3)9-10/h4-7H2,1-3H3. The van der Waals surface area contributed by atoms with E-state index in [4.69, 9.17) is 0 Å². The highest BCUT2D eigenvalue weighted by Gasteiger charge is 2.25. The van der Waals surface area contributed by atoms with Gasteiger partial charge in [-0.1, -0.05) is 32.4 Å². The summed E-state index contributed by atoms with van der Waals surface area (Å²) in [6.07, 6.45) is 3.73. The molecule has 0 aliphatic rings. The predicted octanol–water partition coefficient (Wildman–Crippen LogP) is 3.11. The molecule has 0 amide bonds. The summed E-state index contributed by atoms with van der Waals surface area (Å²) in [5.41, 5.74) is -0.255. The van der Waals surface area contributed by atoms with Gasteiger partial charge in [-0.3, -0.25) is 0 Å². The summed E-state index contributed by atoms with van der Waals surface area (Å²) < 4.78 is 0. The third-order valence-corrected chi connectivity index (χ3v) is 2.23. The number of nitrogens with zero attached hydrogens (tertiary/aromatic N) is 1. The van der Waals surface area contributed by atoms with Crippen LogP contribution in [0.3, 0.4) is 0 Å². The van der Waals surface area contributed by atoms with Crippen molar-refractivity contribution in [2.75, 3.05) is 0 Å². The van der Waals surface area contributed by atoms with Crippen LogP contribution < -0.4 is 0 Å². The van der Waals surface area contributed by atoms with Gasteiger partial charge in [0.15, 0.2) is 0 Å². The average molecular weight is 143 g/mol. The molecule has 0 aliphatic carbocycles. The molecule has 60 valence electrons. The molecular formula is C8H17NO. The minimum absolute atomic E-state index is 0.255. The fraction of sp³-hybridized carbons (Fsp3) is 1.00. The fourth-order valence-corrected chi connectivity index (χ4v) is 1.24. The van der Waals surface area contributed by atoms with E-state index in [0.717, 1.165) is 25.7 Å². The monoisotopic (exact) mass is 143 g/mol. The summed E-state index contributed by atoms with van der Waals surface area (Å²) in [5.74, 6) is 0. The molecule has 0 bridgehead atoms. The van der Waals surface area contributed by atoms with E-state index in [2.05, 4.69) is 12.1 Å². The van der Waals surface area contributed by atoms with Crippen LogP contribution in [0.1, 0.15) is 46.5 Å². The van der Waals surface area contributed by atoms with Crippen LogP contribution in [0.4, 0.5) is 0 Å². The minimum Gasteiger partial charge on any atom is -0.150 e. The van der Waals surface area contributed by atoms with Crippen LogP contribution in [0.25, 0.3) is 0 Å². The van der Waals surface area contributed by atoms with Gasteiger partial charge in [0.05, 0.1) is 0 Å². The van der Waals surface area contributed by atoms with Gasteiger partial charge < -0.3 is 0 Å². The second-order valence-corrected chi connectivity index (χ2v) is 2.77. The molecule has 10 heavy (non-hydrogen) atoms. The van der Waals surface area contributed by atoms with Crippen molar-refractivity contribution in [1.29, 1.82) is 0 Å². The van der Waals surface area contributed by atoms with Crippen molar-refractivity contribution in [3.8, 4) is 0 Å². The molecule has 0 saturated heterocycles. The van der Waals surface area contributed by atoms with E-state index >= 15 is 0 Å². The normalized spacial score (nSPS) is 11.5. The van der Waals surface area contributed by atoms with Gasteiger partial charge in [-0.15, -0.1) is 0 Å². The van der Waals surface area contributed by atoms with Crippen LogP contribution in [0.5, 0.6) is 0 Å². The Hall–Kier alpha value is -0.400. The van der Waals surface area contributed by atoms with E-state index in [-0.39, 0.29) is 5.54 Å². The van der Waals surface area contributed by atoms with Crippen LogP contribution in [-0.4, -0.2) is 5.54 Å². The molecule has 0 aliphatic heterocycles. The Balaban J connectivity index is 4.00. The molecule has 2 heteroatoms. The van der Waals surface area contributed by atoms with Gasteiger partial charge in [0.25, 0.3) is 0 Å². The van der Waals surface area contributed by atoms with Crippen molar-refractivity contribution in [1.82, 2.24) is 0 Å². The molecule has 0 aromatic carbocycles. The molecule has 0 spiro atoms. The zero-order valence-electron chi connectivity index (χ0n) is 7.18. The lowest BCUT2D eigenvalue weighted by Crippen LogP contribution is -2.23. The second-order valence-electron chi connectivity index (χ2n) is 2.77. The zero-order chi connectivity index (χ0) is 8.04. The smallest absolute Gasteiger partial charge is 0.102 e. The van der Waals surface area contributed by atoms with E-state index in [9.17, 15) is 4.91 Å². The van der Waals surface area contributed by atoms with Crippen molar-refractivity contribution >= 4 is 0 Å². The third kappa shape index (κ3) is 2.09. The summed E-state index contributed by atoms with van der Waals surface area (Å²) >= 11 is 0. The lowest BCUT2D eigenvalue weighted by atomic mass is 9.89. The summed E-state index contributed by atoms with van der Waals surface area (Å²) in [7, 11) is 0. The van der Waals surface area contributed by atoms with Crippen LogP contribution in [-0.2, 0) is 0 Å². The number of hydrogen-bond donors (Lipinski definition) is 0. The first-order valence-corrected chi connectivity index (χ1v) is 4.09. The van der Waals surface area contributed by atoms with Gasteiger partial charge in [-0.2, -0.15) is 4.91 Å². The van der Waals surface area contributed by atoms with Gasteiger partial charge in [0.2, 0.25) is 0 Å². The number of rotatable bonds is 5. The molecule has 0 radical (unpaired) electrons. The Morgan fingerprint density at radius 1 is 1.20 bits per heavy atom. The Bertz CT molecular complexity index is 97.4. The van der Waals surface area contributed by atoms with Gasteiger partial charge in [-0.05, 0) is 19.3 Å². The zero-order valence-corrected chi connectivity index (χ0v) is 7.18. The first-order chi connectivity index (χ1) is 4.74. The Morgan fingerprint density at radius 3 is 1.80 bits per heavy atom. The topological polar surface area (TPSA) is 29.4 Å². The van der Waals surface area contributed by atoms with Crippen molar-refractivity contribution in [2.24, 2.45) is 5.18 Å². The van der Waals surface area contributed by atoms with Crippen molar-refractivity contribution in [2.45, 2.75) is 52.0 Å². The largest absolute Gasteiger partial charge is 0.150 e. The van der Waals surface area contributed by atoms with Crippen molar-refractivity contribution in [3.05, 3.63) is 4.91 Å². The van der Waals surface area contributed by atoms with E-state index in [1.165, 1.54) is 0 Å². The maximum Gasteiger partial charge on any atom is 0.102 e. The van der Waals surface area contributed by atoms with E-state index in [0.29, 0.717) is 0 Å². The maximum absolute atomic E-state index is 10.4. The molecule has 0 rings (SSSR count). The lowest BCUT2D eigenvalue weighted by molar-refractivity contribution is 0.363. The third-order valence-electron chi connectivity index (χ3n) is 2.23. The van der Waals surface area contributed by atoms with Gasteiger partial charge in [0.1, 0.15) is 5.54 Å². The van der Waals surface area contributed by atoms with Crippen LogP contribution in [0.2, 0.25) is 0 Å². The molecule has 0 N–H and O–H groups in total. The highest BCUT2D eigenvalue weighted by Crippen LogP contribution is 2.25. The van der Waals surface area contributed by atoms with E-state index in [1.54, 1.807) is 0 Å². The highest BCUT2D eigenvalue weighted by atomic mass is 16.3. The number of nitroso groups, excluding NO2 is 1. The first-order valence-electron chi connectivity index (χ1n) is 4.09. The summed E-state index contributed by atoms with van der Waals surface area (Å²) in [5, 5.41) is 3.20. The van der Waals surface area contributed by atoms with Crippen LogP contribution in [0, 0.1) is 4.91 Å². The Labute approximate surface area is 63.0 Å². The molecule has 0 aromatic heterocycles. The quantitative estimate of drug-likeness (QED) is 0.544.